The number of hydrogen-bond donors (Lipinski definition) is 0. The lowest BCUT2D eigenvalue weighted by atomic mass is 10.3. The molecule has 6 nitrogen and oxygen atoms in total. The minimum absolute atomic E-state index is 0.160. The van der Waals surface area contributed by atoms with Crippen molar-refractivity contribution in [2.45, 2.75) is 19.4 Å². The normalized spacial score (nSPS) is 14.0. The van der Waals surface area contributed by atoms with Crippen LogP contribution >= 0.6 is 0 Å². The summed E-state index contributed by atoms with van der Waals surface area (Å²) in [6.07, 6.45) is 5.35. The monoisotopic (exact) mass is 409 g/mol. The Hall–Kier alpha value is -3.19. The second kappa shape index (κ2) is 9.54. The van der Waals surface area contributed by atoms with E-state index in [9.17, 15) is 9.18 Å². The van der Waals surface area contributed by atoms with E-state index in [1.54, 1.807) is 18.3 Å². The van der Waals surface area contributed by atoms with Crippen LogP contribution in [0, 0.1) is 5.82 Å². The highest BCUT2D eigenvalue weighted by atomic mass is 19.1. The van der Waals surface area contributed by atoms with Crippen LogP contribution in [0.25, 0.3) is 5.69 Å². The standard InChI is InChI=1S/C23H24FN3O3/c24-18-3-4-19(25-16-18)17-30-22-9-12-27(23(28)15-22)20-5-7-21(8-6-20)29-14-13-26-10-1-2-11-26/h3-9,12,15-16H,1-2,10-11,13-14,17H2. The van der Waals surface area contributed by atoms with Crippen molar-refractivity contribution < 1.29 is 13.9 Å². The summed E-state index contributed by atoms with van der Waals surface area (Å²) in [4.78, 5) is 18.8. The molecule has 0 aliphatic carbocycles. The number of halogens is 1. The summed E-state index contributed by atoms with van der Waals surface area (Å²) in [6, 6.07) is 13.5. The highest BCUT2D eigenvalue weighted by Gasteiger charge is 2.11. The number of benzene rings is 1. The van der Waals surface area contributed by atoms with E-state index in [0.717, 1.165) is 37.3 Å². The molecule has 1 fully saturated rings. The van der Waals surface area contributed by atoms with Crippen molar-refractivity contribution in [3.05, 3.63) is 82.8 Å². The van der Waals surface area contributed by atoms with Crippen molar-refractivity contribution in [3.63, 3.8) is 0 Å². The molecule has 0 amide bonds. The van der Waals surface area contributed by atoms with E-state index in [-0.39, 0.29) is 12.2 Å². The van der Waals surface area contributed by atoms with Gasteiger partial charge in [0.1, 0.15) is 30.5 Å². The summed E-state index contributed by atoms with van der Waals surface area (Å²) in [6.45, 7) is 4.08. The lowest BCUT2D eigenvalue weighted by molar-refractivity contribution is 0.238. The van der Waals surface area contributed by atoms with E-state index in [2.05, 4.69) is 9.88 Å². The maximum absolute atomic E-state index is 12.9. The largest absolute Gasteiger partial charge is 0.492 e. The predicted molar refractivity (Wildman–Crippen MR) is 112 cm³/mol. The molecule has 3 aromatic rings. The Morgan fingerprint density at radius 1 is 0.967 bits per heavy atom. The van der Waals surface area contributed by atoms with Gasteiger partial charge < -0.3 is 9.47 Å². The van der Waals surface area contributed by atoms with Gasteiger partial charge in [-0.2, -0.15) is 0 Å². The van der Waals surface area contributed by atoms with Crippen molar-refractivity contribution in [2.75, 3.05) is 26.2 Å². The molecule has 3 heterocycles. The zero-order valence-electron chi connectivity index (χ0n) is 16.7. The van der Waals surface area contributed by atoms with Crippen LogP contribution in [0.15, 0.2) is 65.7 Å². The maximum Gasteiger partial charge on any atom is 0.258 e. The van der Waals surface area contributed by atoms with E-state index in [4.69, 9.17) is 9.47 Å². The molecule has 30 heavy (non-hydrogen) atoms. The molecule has 0 unspecified atom stereocenters. The highest BCUT2D eigenvalue weighted by Crippen LogP contribution is 2.16. The first-order valence-electron chi connectivity index (χ1n) is 10.1. The number of ether oxygens (including phenoxy) is 2. The van der Waals surface area contributed by atoms with Crippen molar-refractivity contribution in [2.24, 2.45) is 0 Å². The van der Waals surface area contributed by atoms with Crippen LogP contribution in [0.5, 0.6) is 11.5 Å². The Morgan fingerprint density at radius 2 is 1.77 bits per heavy atom. The van der Waals surface area contributed by atoms with Crippen LogP contribution in [0.3, 0.4) is 0 Å². The first-order valence-corrected chi connectivity index (χ1v) is 10.1. The summed E-state index contributed by atoms with van der Waals surface area (Å²) in [7, 11) is 0. The van der Waals surface area contributed by atoms with Crippen molar-refractivity contribution in [1.82, 2.24) is 14.5 Å². The maximum atomic E-state index is 12.9. The van der Waals surface area contributed by atoms with Gasteiger partial charge in [0, 0.05) is 24.5 Å². The fourth-order valence-electron chi connectivity index (χ4n) is 3.41. The first kappa shape index (κ1) is 20.1. The average Bonchev–Trinajstić information content (AvgIpc) is 3.28. The molecule has 0 radical (unpaired) electrons. The predicted octanol–water partition coefficient (Wildman–Crippen LogP) is 3.43. The van der Waals surface area contributed by atoms with Crippen LogP contribution in [0.4, 0.5) is 4.39 Å². The van der Waals surface area contributed by atoms with E-state index in [0.29, 0.717) is 18.1 Å². The molecule has 0 bridgehead atoms. The SMILES string of the molecule is O=c1cc(OCc2ccc(F)cn2)ccn1-c1ccc(OCCN2CCCC2)cc1. The number of nitrogens with zero attached hydrogens (tertiary/aromatic N) is 3. The topological polar surface area (TPSA) is 56.6 Å². The third-order valence-electron chi connectivity index (χ3n) is 5.06. The molecule has 7 heteroatoms. The van der Waals surface area contributed by atoms with Gasteiger partial charge in [-0.25, -0.2) is 4.39 Å². The number of hydrogen-bond acceptors (Lipinski definition) is 5. The fraction of sp³-hybridized carbons (Fsp3) is 0.304. The van der Waals surface area contributed by atoms with Gasteiger partial charge in [-0.05, 0) is 68.4 Å². The quantitative estimate of drug-likeness (QED) is 0.571. The molecule has 0 saturated carbocycles. The molecule has 0 atom stereocenters. The van der Waals surface area contributed by atoms with Gasteiger partial charge in [-0.15, -0.1) is 0 Å². The Bertz CT molecular complexity index is 1010. The summed E-state index contributed by atoms with van der Waals surface area (Å²) in [5, 5.41) is 0. The van der Waals surface area contributed by atoms with Crippen molar-refractivity contribution in [1.29, 1.82) is 0 Å². The van der Waals surface area contributed by atoms with E-state index in [1.165, 1.54) is 29.5 Å². The Labute approximate surface area is 174 Å². The first-order chi connectivity index (χ1) is 14.7. The smallest absolute Gasteiger partial charge is 0.258 e. The second-order valence-electron chi connectivity index (χ2n) is 7.22. The molecule has 1 saturated heterocycles. The molecule has 4 rings (SSSR count). The molecular weight excluding hydrogens is 385 g/mol. The second-order valence-corrected chi connectivity index (χ2v) is 7.22. The van der Waals surface area contributed by atoms with Gasteiger partial charge in [-0.3, -0.25) is 19.2 Å². The number of likely N-dealkylation sites (tertiary alicyclic amines) is 1. The molecule has 0 spiro atoms. The summed E-state index contributed by atoms with van der Waals surface area (Å²) in [5.74, 6) is 0.825. The average molecular weight is 409 g/mol. The van der Waals surface area contributed by atoms with Crippen LogP contribution in [0.2, 0.25) is 0 Å². The molecule has 156 valence electrons. The minimum Gasteiger partial charge on any atom is -0.492 e. The third-order valence-corrected chi connectivity index (χ3v) is 5.06. The van der Waals surface area contributed by atoms with Gasteiger partial charge >= 0.3 is 0 Å². The molecular formula is C23H24FN3O3. The Kier molecular flexibility index (Phi) is 6.39. The summed E-state index contributed by atoms with van der Waals surface area (Å²) >= 11 is 0. The van der Waals surface area contributed by atoms with Gasteiger partial charge in [0.15, 0.2) is 0 Å². The van der Waals surface area contributed by atoms with E-state index >= 15 is 0 Å². The van der Waals surface area contributed by atoms with Crippen molar-refractivity contribution >= 4 is 0 Å². The van der Waals surface area contributed by atoms with Crippen LogP contribution < -0.4 is 15.0 Å². The van der Waals surface area contributed by atoms with Gasteiger partial charge in [0.05, 0.1) is 11.9 Å². The highest BCUT2D eigenvalue weighted by molar-refractivity contribution is 5.38. The minimum atomic E-state index is -0.399. The zero-order chi connectivity index (χ0) is 20.8. The van der Waals surface area contributed by atoms with Crippen LogP contribution in [-0.2, 0) is 6.61 Å². The van der Waals surface area contributed by atoms with Gasteiger partial charge in [-0.1, -0.05) is 0 Å². The third kappa shape index (κ3) is 5.24. The zero-order valence-corrected chi connectivity index (χ0v) is 16.7. The Morgan fingerprint density at radius 3 is 2.47 bits per heavy atom. The van der Waals surface area contributed by atoms with Gasteiger partial charge in [0.25, 0.3) is 5.56 Å². The van der Waals surface area contributed by atoms with Gasteiger partial charge in [0.2, 0.25) is 0 Å². The van der Waals surface area contributed by atoms with Crippen LogP contribution in [0.1, 0.15) is 18.5 Å². The Balaban J connectivity index is 1.34. The number of rotatable bonds is 8. The number of pyridine rings is 2. The van der Waals surface area contributed by atoms with Crippen molar-refractivity contribution in [3.8, 4) is 17.2 Å². The fourth-order valence-corrected chi connectivity index (χ4v) is 3.41. The summed E-state index contributed by atoms with van der Waals surface area (Å²) in [5.41, 5.74) is 1.13. The lowest BCUT2D eigenvalue weighted by Crippen LogP contribution is -2.25. The molecule has 2 aromatic heterocycles. The van der Waals surface area contributed by atoms with Crippen LogP contribution in [-0.4, -0.2) is 40.7 Å². The molecule has 1 aromatic carbocycles. The lowest BCUT2D eigenvalue weighted by Gasteiger charge is -2.15. The molecule has 1 aliphatic rings. The van der Waals surface area contributed by atoms with E-state index in [1.807, 2.05) is 24.3 Å². The number of aromatic nitrogens is 2. The molecule has 1 aliphatic heterocycles. The summed E-state index contributed by atoms with van der Waals surface area (Å²) < 4.78 is 25.8. The molecule has 0 N–H and O–H groups in total. The van der Waals surface area contributed by atoms with E-state index < -0.39 is 5.82 Å².